The minimum atomic E-state index is -0.378. The van der Waals surface area contributed by atoms with Crippen molar-refractivity contribution in [2.24, 2.45) is 0 Å². The van der Waals surface area contributed by atoms with Crippen LogP contribution in [0.1, 0.15) is 23.7 Å². The number of aliphatic hydroxyl groups excluding tert-OH is 1. The van der Waals surface area contributed by atoms with Crippen LogP contribution in [0.3, 0.4) is 0 Å². The van der Waals surface area contributed by atoms with Gasteiger partial charge in [0.2, 0.25) is 0 Å². The molecule has 1 N–H and O–H groups in total. The molecule has 0 aromatic heterocycles. The van der Waals surface area contributed by atoms with Gasteiger partial charge in [0, 0.05) is 19.1 Å². The van der Waals surface area contributed by atoms with Gasteiger partial charge in [-0.2, -0.15) is 0 Å². The first-order valence-corrected chi connectivity index (χ1v) is 5.24. The Labute approximate surface area is 89.6 Å². The fraction of sp³-hybridized carbons (Fsp3) is 0.500. The highest BCUT2D eigenvalue weighted by atomic mass is 16.5. The minimum absolute atomic E-state index is 0.378. The fourth-order valence-corrected chi connectivity index (χ4v) is 1.80. The Morgan fingerprint density at radius 1 is 1.53 bits per heavy atom. The normalized spacial score (nSPS) is 19.5. The minimum Gasteiger partial charge on any atom is -0.493 e. The molecule has 0 bridgehead atoms. The zero-order valence-electron chi connectivity index (χ0n) is 8.90. The molecule has 3 heteroatoms. The van der Waals surface area contributed by atoms with Crippen LogP contribution in [0.4, 0.5) is 0 Å². The zero-order valence-corrected chi connectivity index (χ0v) is 8.90. The molecule has 3 nitrogen and oxygen atoms in total. The predicted octanol–water partition coefficient (Wildman–Crippen LogP) is 1.69. The predicted molar refractivity (Wildman–Crippen MR) is 57.1 cm³/mol. The Bertz CT molecular complexity index is 336. The van der Waals surface area contributed by atoms with Crippen molar-refractivity contribution >= 4 is 0 Å². The average molecular weight is 208 g/mol. The molecule has 0 amide bonds. The van der Waals surface area contributed by atoms with E-state index in [2.05, 4.69) is 0 Å². The third-order valence-corrected chi connectivity index (χ3v) is 2.68. The van der Waals surface area contributed by atoms with Crippen molar-refractivity contribution in [3.05, 3.63) is 29.3 Å². The van der Waals surface area contributed by atoms with Gasteiger partial charge < -0.3 is 14.6 Å². The van der Waals surface area contributed by atoms with E-state index >= 15 is 0 Å². The van der Waals surface area contributed by atoms with E-state index in [-0.39, 0.29) is 6.10 Å². The lowest BCUT2D eigenvalue weighted by atomic mass is 10.00. The molecule has 1 aromatic rings. The number of hydrogen-bond acceptors (Lipinski definition) is 3. The van der Waals surface area contributed by atoms with Gasteiger partial charge in [-0.25, -0.2) is 0 Å². The highest BCUT2D eigenvalue weighted by Gasteiger charge is 2.19. The van der Waals surface area contributed by atoms with Crippen LogP contribution in [0, 0.1) is 0 Å². The molecule has 0 saturated heterocycles. The maximum Gasteiger partial charge on any atom is 0.125 e. The van der Waals surface area contributed by atoms with Crippen LogP contribution < -0.4 is 4.74 Å². The third kappa shape index (κ3) is 2.30. The molecule has 0 spiro atoms. The van der Waals surface area contributed by atoms with Crippen molar-refractivity contribution in [3.8, 4) is 5.75 Å². The van der Waals surface area contributed by atoms with Crippen LogP contribution in [-0.2, 0) is 11.2 Å². The summed E-state index contributed by atoms with van der Waals surface area (Å²) in [4.78, 5) is 0. The van der Waals surface area contributed by atoms with E-state index in [1.165, 1.54) is 5.56 Å². The summed E-state index contributed by atoms with van der Waals surface area (Å²) >= 11 is 0. The summed E-state index contributed by atoms with van der Waals surface area (Å²) in [5.74, 6) is 0.815. The van der Waals surface area contributed by atoms with Gasteiger partial charge in [-0.3, -0.25) is 0 Å². The number of ether oxygens (including phenoxy) is 2. The second-order valence-electron chi connectivity index (χ2n) is 3.77. The van der Waals surface area contributed by atoms with Crippen molar-refractivity contribution < 1.29 is 14.6 Å². The lowest BCUT2D eigenvalue weighted by Gasteiger charge is -2.22. The maximum absolute atomic E-state index is 9.80. The topological polar surface area (TPSA) is 38.7 Å². The average Bonchev–Trinajstić information content (AvgIpc) is 2.27. The molecule has 2 rings (SSSR count). The molecule has 0 fully saturated rings. The zero-order chi connectivity index (χ0) is 10.7. The van der Waals surface area contributed by atoms with Crippen LogP contribution in [0.25, 0.3) is 0 Å². The number of benzene rings is 1. The van der Waals surface area contributed by atoms with Gasteiger partial charge in [-0.15, -0.1) is 0 Å². The van der Waals surface area contributed by atoms with E-state index in [1.807, 2.05) is 18.2 Å². The quantitative estimate of drug-likeness (QED) is 0.821. The van der Waals surface area contributed by atoms with Crippen molar-refractivity contribution in [3.63, 3.8) is 0 Å². The molecule has 1 aliphatic heterocycles. The molecule has 0 radical (unpaired) electrons. The summed E-state index contributed by atoms with van der Waals surface area (Å²) in [7, 11) is 1.69. The molecular weight excluding hydrogens is 192 g/mol. The Hall–Kier alpha value is -1.06. The number of aliphatic hydroxyl groups is 1. The number of rotatable bonds is 3. The number of hydrogen-bond donors (Lipinski definition) is 1. The molecule has 15 heavy (non-hydrogen) atoms. The summed E-state index contributed by atoms with van der Waals surface area (Å²) in [6.07, 6.45) is 1.17. The third-order valence-electron chi connectivity index (χ3n) is 2.68. The molecule has 82 valence electrons. The lowest BCUT2D eigenvalue weighted by molar-refractivity contribution is 0.115. The van der Waals surface area contributed by atoms with Crippen LogP contribution >= 0.6 is 0 Å². The Morgan fingerprint density at radius 3 is 3.20 bits per heavy atom. The lowest BCUT2D eigenvalue weighted by Crippen LogP contribution is -2.14. The van der Waals surface area contributed by atoms with Crippen molar-refractivity contribution in [2.75, 3.05) is 20.3 Å². The summed E-state index contributed by atoms with van der Waals surface area (Å²) < 4.78 is 10.5. The monoisotopic (exact) mass is 208 g/mol. The first kappa shape index (κ1) is 10.5. The first-order valence-electron chi connectivity index (χ1n) is 5.24. The highest BCUT2D eigenvalue weighted by Crippen LogP contribution is 2.32. The van der Waals surface area contributed by atoms with E-state index in [0.29, 0.717) is 19.6 Å². The van der Waals surface area contributed by atoms with E-state index < -0.39 is 0 Å². The summed E-state index contributed by atoms with van der Waals surface area (Å²) in [5, 5.41) is 9.80. The molecule has 1 atom stereocenters. The second-order valence-corrected chi connectivity index (χ2v) is 3.77. The number of fused-ring (bicyclic) bond motifs is 1. The van der Waals surface area contributed by atoms with Gasteiger partial charge in [-0.05, 0) is 24.1 Å². The molecule has 1 aliphatic rings. The summed E-state index contributed by atoms with van der Waals surface area (Å²) in [6, 6.07) is 5.97. The molecule has 1 aromatic carbocycles. The van der Waals surface area contributed by atoms with Gasteiger partial charge >= 0.3 is 0 Å². The van der Waals surface area contributed by atoms with Crippen molar-refractivity contribution in [1.29, 1.82) is 0 Å². The largest absolute Gasteiger partial charge is 0.493 e. The van der Waals surface area contributed by atoms with E-state index in [9.17, 15) is 5.11 Å². The summed E-state index contributed by atoms with van der Waals surface area (Å²) in [5.41, 5.74) is 2.09. The van der Waals surface area contributed by atoms with Crippen LogP contribution in [0.15, 0.2) is 18.2 Å². The SMILES string of the molecule is COCCc1ccc2c(c1)[C@@H](O)CCO2. The Kier molecular flexibility index (Phi) is 3.23. The van der Waals surface area contributed by atoms with Gasteiger partial charge in [0.05, 0.1) is 19.3 Å². The van der Waals surface area contributed by atoms with Crippen LogP contribution in [0.2, 0.25) is 0 Å². The van der Waals surface area contributed by atoms with Gasteiger partial charge in [0.15, 0.2) is 0 Å². The fourth-order valence-electron chi connectivity index (χ4n) is 1.80. The maximum atomic E-state index is 9.80. The number of methoxy groups -OCH3 is 1. The molecular formula is C12H16O3. The van der Waals surface area contributed by atoms with E-state index in [1.54, 1.807) is 7.11 Å². The Morgan fingerprint density at radius 2 is 2.40 bits per heavy atom. The first-order chi connectivity index (χ1) is 7.31. The van der Waals surface area contributed by atoms with Crippen LogP contribution in [0.5, 0.6) is 5.75 Å². The smallest absolute Gasteiger partial charge is 0.125 e. The highest BCUT2D eigenvalue weighted by molar-refractivity contribution is 5.40. The van der Waals surface area contributed by atoms with Gasteiger partial charge in [0.1, 0.15) is 5.75 Å². The van der Waals surface area contributed by atoms with E-state index in [0.717, 1.165) is 17.7 Å². The van der Waals surface area contributed by atoms with Crippen molar-refractivity contribution in [1.82, 2.24) is 0 Å². The Balaban J connectivity index is 2.19. The molecule has 0 aliphatic carbocycles. The molecule has 1 heterocycles. The molecule has 0 saturated carbocycles. The van der Waals surface area contributed by atoms with Gasteiger partial charge in [-0.1, -0.05) is 6.07 Å². The summed E-state index contributed by atoms with van der Waals surface area (Å²) in [6.45, 7) is 1.31. The van der Waals surface area contributed by atoms with Crippen LogP contribution in [-0.4, -0.2) is 25.4 Å². The van der Waals surface area contributed by atoms with Gasteiger partial charge in [0.25, 0.3) is 0 Å². The molecule has 0 unspecified atom stereocenters. The second kappa shape index (κ2) is 4.64. The standard InChI is InChI=1S/C12H16O3/c1-14-6-4-9-2-3-12-10(8-9)11(13)5-7-15-12/h2-3,8,11,13H,4-7H2,1H3/t11-/m0/s1. The van der Waals surface area contributed by atoms with E-state index in [4.69, 9.17) is 9.47 Å². The van der Waals surface area contributed by atoms with Crippen molar-refractivity contribution in [2.45, 2.75) is 18.9 Å².